The molecule has 0 fully saturated rings. The van der Waals surface area contributed by atoms with E-state index in [1.807, 2.05) is 16.8 Å². The fourth-order valence-corrected chi connectivity index (χ4v) is 3.79. The van der Waals surface area contributed by atoms with E-state index in [1.54, 1.807) is 7.11 Å². The zero-order valence-electron chi connectivity index (χ0n) is 14.4. The maximum atomic E-state index is 12.5. The van der Waals surface area contributed by atoms with E-state index in [9.17, 15) is 4.79 Å². The first kappa shape index (κ1) is 16.1. The van der Waals surface area contributed by atoms with Gasteiger partial charge in [0.05, 0.1) is 12.1 Å². The number of aromatic nitrogens is 3. The van der Waals surface area contributed by atoms with Gasteiger partial charge in [-0.25, -0.2) is 14.5 Å². The van der Waals surface area contributed by atoms with Gasteiger partial charge in [-0.3, -0.25) is 0 Å². The highest BCUT2D eigenvalue weighted by Crippen LogP contribution is 2.31. The molecule has 7 heteroatoms. The number of urea groups is 1. The molecule has 1 aliphatic carbocycles. The molecule has 2 N–H and O–H groups in total. The van der Waals surface area contributed by atoms with Crippen molar-refractivity contribution in [2.24, 2.45) is 0 Å². The van der Waals surface area contributed by atoms with Crippen molar-refractivity contribution in [2.75, 3.05) is 7.11 Å². The predicted molar refractivity (Wildman–Crippen MR) is 91.9 cm³/mol. The van der Waals surface area contributed by atoms with Crippen molar-refractivity contribution in [1.29, 1.82) is 0 Å². The lowest BCUT2D eigenvalue weighted by Gasteiger charge is -2.24. The zero-order valence-corrected chi connectivity index (χ0v) is 14.4. The van der Waals surface area contributed by atoms with Crippen molar-refractivity contribution < 1.29 is 9.53 Å². The number of carbonyl (C=O) groups is 1. The second-order valence-electron chi connectivity index (χ2n) is 6.65. The van der Waals surface area contributed by atoms with Crippen LogP contribution in [0.5, 0.6) is 0 Å². The number of hydrogen-bond acceptors (Lipinski definition) is 4. The number of methoxy groups -OCH3 is 1. The van der Waals surface area contributed by atoms with Gasteiger partial charge in [0.15, 0.2) is 5.82 Å². The molecule has 0 saturated heterocycles. The van der Waals surface area contributed by atoms with Crippen LogP contribution in [0.4, 0.5) is 4.79 Å². The topological polar surface area (TPSA) is 81.1 Å². The first-order chi connectivity index (χ1) is 12.2. The molecule has 2 aliphatic rings. The lowest BCUT2D eigenvalue weighted by atomic mass is 10.1. The second-order valence-corrected chi connectivity index (χ2v) is 6.65. The molecule has 132 valence electrons. The zero-order chi connectivity index (χ0) is 17.2. The Labute approximate surface area is 146 Å². The second kappa shape index (κ2) is 6.84. The van der Waals surface area contributed by atoms with Crippen LogP contribution in [0, 0.1) is 0 Å². The van der Waals surface area contributed by atoms with E-state index in [0.717, 1.165) is 38.1 Å². The number of aryl methyl sites for hydroxylation is 2. The van der Waals surface area contributed by atoms with Crippen molar-refractivity contribution in [1.82, 2.24) is 25.4 Å². The van der Waals surface area contributed by atoms with Crippen LogP contribution in [0.2, 0.25) is 0 Å². The molecule has 2 aromatic rings. The van der Waals surface area contributed by atoms with Crippen LogP contribution in [-0.2, 0) is 24.3 Å². The largest absolute Gasteiger partial charge is 0.377 e. The molecule has 1 aromatic heterocycles. The van der Waals surface area contributed by atoms with Gasteiger partial charge < -0.3 is 15.4 Å². The fraction of sp³-hybridized carbons (Fsp3) is 0.500. The molecule has 2 heterocycles. The molecular formula is C18H23N5O2. The Kier molecular flexibility index (Phi) is 4.40. The van der Waals surface area contributed by atoms with Gasteiger partial charge in [-0.1, -0.05) is 24.3 Å². The molecule has 0 saturated carbocycles. The molecule has 0 spiro atoms. The molecule has 0 radical (unpaired) electrons. The Morgan fingerprint density at radius 2 is 2.12 bits per heavy atom. The Balaban J connectivity index is 1.42. The van der Waals surface area contributed by atoms with Crippen LogP contribution in [0.3, 0.4) is 0 Å². The smallest absolute Gasteiger partial charge is 0.315 e. The van der Waals surface area contributed by atoms with E-state index in [-0.39, 0.29) is 18.1 Å². The minimum absolute atomic E-state index is 0.0849. The number of nitrogens with one attached hydrogen (secondary N) is 2. The number of nitrogens with zero attached hydrogens (tertiary/aromatic N) is 3. The number of amides is 2. The third kappa shape index (κ3) is 3.24. The summed E-state index contributed by atoms with van der Waals surface area (Å²) in [5.74, 6) is 1.48. The summed E-state index contributed by atoms with van der Waals surface area (Å²) in [7, 11) is 1.63. The molecule has 1 aromatic carbocycles. The van der Waals surface area contributed by atoms with Crippen LogP contribution in [-0.4, -0.2) is 27.9 Å². The Hall–Kier alpha value is -2.41. The van der Waals surface area contributed by atoms with Gasteiger partial charge in [-0.15, -0.1) is 0 Å². The summed E-state index contributed by atoms with van der Waals surface area (Å²) in [6, 6.07) is 8.14. The summed E-state index contributed by atoms with van der Waals surface area (Å²) in [5, 5.41) is 10.6. The predicted octanol–water partition coefficient (Wildman–Crippen LogP) is 2.25. The summed E-state index contributed by atoms with van der Waals surface area (Å²) >= 11 is 0. The van der Waals surface area contributed by atoms with Crippen LogP contribution in [0.25, 0.3) is 0 Å². The van der Waals surface area contributed by atoms with Crippen LogP contribution in [0.15, 0.2) is 24.3 Å². The average Bonchev–Trinajstić information content (AvgIpc) is 3.20. The lowest BCUT2D eigenvalue weighted by Crippen LogP contribution is -2.41. The van der Waals surface area contributed by atoms with E-state index in [1.165, 1.54) is 11.1 Å². The highest BCUT2D eigenvalue weighted by molar-refractivity contribution is 5.75. The highest BCUT2D eigenvalue weighted by atomic mass is 16.5. The maximum Gasteiger partial charge on any atom is 0.315 e. The van der Waals surface area contributed by atoms with Gasteiger partial charge >= 0.3 is 6.03 Å². The molecule has 7 nitrogen and oxygen atoms in total. The molecule has 1 aliphatic heterocycles. The molecule has 2 unspecified atom stereocenters. The number of benzene rings is 1. The summed E-state index contributed by atoms with van der Waals surface area (Å²) in [5.41, 5.74) is 2.56. The molecule has 4 rings (SSSR count). The molecular weight excluding hydrogens is 318 g/mol. The van der Waals surface area contributed by atoms with Crippen molar-refractivity contribution in [2.45, 2.75) is 50.9 Å². The average molecular weight is 341 g/mol. The normalized spacial score (nSPS) is 21.5. The van der Waals surface area contributed by atoms with Crippen molar-refractivity contribution in [3.63, 3.8) is 0 Å². The number of rotatable bonds is 4. The lowest BCUT2D eigenvalue weighted by molar-refractivity contribution is 0.177. The summed E-state index contributed by atoms with van der Waals surface area (Å²) in [6.45, 7) is 1.22. The molecule has 2 atom stereocenters. The number of fused-ring (bicyclic) bond motifs is 2. The highest BCUT2D eigenvalue weighted by Gasteiger charge is 2.28. The number of hydrogen-bond donors (Lipinski definition) is 2. The van der Waals surface area contributed by atoms with Gasteiger partial charge in [-0.2, -0.15) is 5.10 Å². The third-order valence-corrected chi connectivity index (χ3v) is 4.94. The van der Waals surface area contributed by atoms with E-state index in [2.05, 4.69) is 32.8 Å². The van der Waals surface area contributed by atoms with E-state index in [0.29, 0.717) is 12.4 Å². The van der Waals surface area contributed by atoms with Crippen LogP contribution < -0.4 is 10.6 Å². The van der Waals surface area contributed by atoms with Crippen LogP contribution >= 0.6 is 0 Å². The standard InChI is InChI=1S/C18H23N5O2/c1-25-11-16-21-17-15(7-4-10-23(17)22-16)20-18(24)19-14-9-8-12-5-2-3-6-13(12)14/h2-3,5-6,14-15H,4,7-11H2,1H3,(H2,19,20,24). The summed E-state index contributed by atoms with van der Waals surface area (Å²) in [6.07, 6.45) is 3.81. The number of carbonyl (C=O) groups excluding carboxylic acids is 1. The first-order valence-electron chi connectivity index (χ1n) is 8.82. The monoisotopic (exact) mass is 341 g/mol. The van der Waals surface area contributed by atoms with Crippen molar-refractivity contribution in [3.05, 3.63) is 47.0 Å². The minimum Gasteiger partial charge on any atom is -0.377 e. The number of ether oxygens (including phenoxy) is 1. The summed E-state index contributed by atoms with van der Waals surface area (Å²) in [4.78, 5) is 17.0. The van der Waals surface area contributed by atoms with E-state index in [4.69, 9.17) is 4.74 Å². The molecule has 2 amide bonds. The quantitative estimate of drug-likeness (QED) is 0.894. The first-order valence-corrected chi connectivity index (χ1v) is 8.82. The van der Waals surface area contributed by atoms with E-state index >= 15 is 0 Å². The van der Waals surface area contributed by atoms with Gasteiger partial charge in [0.2, 0.25) is 0 Å². The molecule has 25 heavy (non-hydrogen) atoms. The van der Waals surface area contributed by atoms with Crippen molar-refractivity contribution in [3.8, 4) is 0 Å². The van der Waals surface area contributed by atoms with Gasteiger partial charge in [0, 0.05) is 13.7 Å². The Bertz CT molecular complexity index is 773. The summed E-state index contributed by atoms with van der Waals surface area (Å²) < 4.78 is 6.99. The Morgan fingerprint density at radius 1 is 1.28 bits per heavy atom. The van der Waals surface area contributed by atoms with Gasteiger partial charge in [-0.05, 0) is 36.8 Å². The van der Waals surface area contributed by atoms with Gasteiger partial charge in [0.25, 0.3) is 0 Å². The maximum absolute atomic E-state index is 12.5. The minimum atomic E-state index is -0.142. The van der Waals surface area contributed by atoms with E-state index < -0.39 is 0 Å². The van der Waals surface area contributed by atoms with Gasteiger partial charge in [0.1, 0.15) is 12.4 Å². The molecule has 0 bridgehead atoms. The van der Waals surface area contributed by atoms with Crippen molar-refractivity contribution >= 4 is 6.03 Å². The van der Waals surface area contributed by atoms with Crippen LogP contribution in [0.1, 0.15) is 54.1 Å². The Morgan fingerprint density at radius 3 is 3.00 bits per heavy atom. The third-order valence-electron chi connectivity index (χ3n) is 4.94. The SMILES string of the molecule is COCc1nc2n(n1)CCCC2NC(=O)NC1CCc2ccccc21. The fourth-order valence-electron chi connectivity index (χ4n) is 3.79.